The summed E-state index contributed by atoms with van der Waals surface area (Å²) in [5.74, 6) is -0.524. The molecule has 0 aliphatic rings. The molecule has 0 fully saturated rings. The zero-order valence-electron chi connectivity index (χ0n) is 49.3. The molecule has 74 heavy (non-hydrogen) atoms. The van der Waals surface area contributed by atoms with E-state index in [0.29, 0.717) is 17.4 Å². The van der Waals surface area contributed by atoms with E-state index in [0.717, 1.165) is 83.5 Å². The summed E-state index contributed by atoms with van der Waals surface area (Å²) >= 11 is 0. The van der Waals surface area contributed by atoms with Crippen LogP contribution in [0.3, 0.4) is 0 Å². The van der Waals surface area contributed by atoms with Gasteiger partial charge in [0, 0.05) is 12.8 Å². The third kappa shape index (κ3) is 54.5. The van der Waals surface area contributed by atoms with Crippen molar-refractivity contribution in [3.05, 3.63) is 60.8 Å². The van der Waals surface area contributed by atoms with Crippen LogP contribution in [0.1, 0.15) is 284 Å². The van der Waals surface area contributed by atoms with Crippen LogP contribution in [0, 0.1) is 0 Å². The summed E-state index contributed by atoms with van der Waals surface area (Å²) < 4.78 is 30.7. The number of phosphoric ester groups is 1. The van der Waals surface area contributed by atoms with E-state index in [1.165, 1.54) is 167 Å². The van der Waals surface area contributed by atoms with E-state index in [1.807, 2.05) is 33.3 Å². The summed E-state index contributed by atoms with van der Waals surface area (Å²) in [4.78, 5) is 37.6. The van der Waals surface area contributed by atoms with Gasteiger partial charge < -0.3 is 19.4 Å². The highest BCUT2D eigenvalue weighted by Crippen LogP contribution is 2.43. The second-order valence-electron chi connectivity index (χ2n) is 22.2. The predicted molar refractivity (Wildman–Crippen MR) is 318 cm³/mol. The van der Waals surface area contributed by atoms with Crippen LogP contribution in [0.25, 0.3) is 0 Å². The maximum absolute atomic E-state index is 13.5. The Morgan fingerprint density at radius 2 is 0.824 bits per heavy atom. The van der Waals surface area contributed by atoms with Gasteiger partial charge in [-0.25, -0.2) is 4.57 Å². The van der Waals surface area contributed by atoms with Gasteiger partial charge in [-0.05, 0) is 96.0 Å². The lowest BCUT2D eigenvalue weighted by atomic mass is 10.0. The van der Waals surface area contributed by atoms with Crippen molar-refractivity contribution in [3.63, 3.8) is 0 Å². The molecule has 0 radical (unpaired) electrons. The molecule has 0 aliphatic carbocycles. The van der Waals surface area contributed by atoms with Crippen LogP contribution in [0.5, 0.6) is 0 Å². The largest absolute Gasteiger partial charge is 0.472 e. The summed E-state index contributed by atoms with van der Waals surface area (Å²) in [5, 5.41) is 3.04. The van der Waals surface area contributed by atoms with E-state index in [9.17, 15) is 19.0 Å². The molecule has 0 aromatic rings. The van der Waals surface area contributed by atoms with Gasteiger partial charge in [0.25, 0.3) is 0 Å². The number of ether oxygens (including phenoxy) is 1. The fraction of sp³-hybridized carbons (Fsp3) is 0.812. The number of nitrogens with zero attached hydrogens (tertiary/aromatic N) is 1. The lowest BCUT2D eigenvalue weighted by molar-refractivity contribution is -0.870. The Balaban J connectivity index is 5.19. The maximum atomic E-state index is 13.5. The van der Waals surface area contributed by atoms with Crippen LogP contribution < -0.4 is 5.32 Å². The van der Waals surface area contributed by atoms with Crippen molar-refractivity contribution in [2.45, 2.75) is 296 Å². The Bertz CT molecular complexity index is 1450. The van der Waals surface area contributed by atoms with E-state index >= 15 is 0 Å². The van der Waals surface area contributed by atoms with Crippen molar-refractivity contribution in [2.24, 2.45) is 0 Å². The number of nitrogens with one attached hydrogen (secondary N) is 1. The number of hydrogen-bond acceptors (Lipinski definition) is 6. The molecule has 0 bridgehead atoms. The smallest absolute Gasteiger partial charge is 0.456 e. The lowest BCUT2D eigenvalue weighted by Gasteiger charge is -2.27. The number of carbonyl (C=O) groups is 2. The minimum atomic E-state index is -4.45. The number of allylic oxidation sites excluding steroid dienone is 9. The number of amides is 1. The second kappa shape index (κ2) is 54.1. The van der Waals surface area contributed by atoms with Gasteiger partial charge in [-0.2, -0.15) is 0 Å². The first kappa shape index (κ1) is 71.7. The van der Waals surface area contributed by atoms with Crippen LogP contribution in [-0.2, 0) is 27.9 Å². The molecule has 9 nitrogen and oxygen atoms in total. The molecule has 432 valence electrons. The summed E-state index contributed by atoms with van der Waals surface area (Å²) in [7, 11) is 1.49. The molecule has 0 aromatic carbocycles. The summed E-state index contributed by atoms with van der Waals surface area (Å²) in [6, 6.07) is -0.857. The first-order valence-corrected chi connectivity index (χ1v) is 32.6. The van der Waals surface area contributed by atoms with Crippen LogP contribution in [0.2, 0.25) is 0 Å². The number of carbonyl (C=O) groups excluding carboxylic acids is 2. The minimum absolute atomic E-state index is 0.0362. The van der Waals surface area contributed by atoms with Crippen molar-refractivity contribution in [1.82, 2.24) is 5.32 Å². The fourth-order valence-electron chi connectivity index (χ4n) is 8.82. The molecule has 0 heterocycles. The summed E-state index contributed by atoms with van der Waals surface area (Å²) in [5.41, 5.74) is 0. The average molecular weight is 1060 g/mol. The molecule has 3 atom stereocenters. The molecule has 0 saturated heterocycles. The molecule has 0 rings (SSSR count). The molecular weight excluding hydrogens is 940 g/mol. The average Bonchev–Trinajstić information content (AvgIpc) is 3.36. The number of quaternary nitrogens is 1. The molecule has 2 N–H and O–H groups in total. The van der Waals surface area contributed by atoms with Crippen molar-refractivity contribution in [1.29, 1.82) is 0 Å². The predicted octanol–water partition coefficient (Wildman–Crippen LogP) is 19.1. The fourth-order valence-corrected chi connectivity index (χ4v) is 9.56. The number of unbranched alkanes of at least 4 members (excludes halogenated alkanes) is 32. The zero-order chi connectivity index (χ0) is 54.3. The highest BCUT2D eigenvalue weighted by atomic mass is 31.2. The zero-order valence-corrected chi connectivity index (χ0v) is 50.2. The van der Waals surface area contributed by atoms with Crippen LogP contribution in [0.15, 0.2) is 60.8 Å². The molecule has 1 amide bonds. The second-order valence-corrected chi connectivity index (χ2v) is 23.7. The van der Waals surface area contributed by atoms with E-state index in [-0.39, 0.29) is 31.5 Å². The normalized spacial score (nSPS) is 14.1. The van der Waals surface area contributed by atoms with Crippen LogP contribution in [0.4, 0.5) is 0 Å². The first-order chi connectivity index (χ1) is 35.9. The van der Waals surface area contributed by atoms with Gasteiger partial charge in [0.1, 0.15) is 19.3 Å². The third-order valence-corrected chi connectivity index (χ3v) is 14.7. The first-order valence-electron chi connectivity index (χ1n) is 31.1. The highest BCUT2D eigenvalue weighted by molar-refractivity contribution is 7.47. The van der Waals surface area contributed by atoms with Crippen LogP contribution >= 0.6 is 7.82 Å². The molecule has 0 spiro atoms. The molecule has 10 heteroatoms. The number of phosphoric acid groups is 1. The Kier molecular flexibility index (Phi) is 52.4. The van der Waals surface area contributed by atoms with Crippen LogP contribution in [-0.4, -0.2) is 74.3 Å². The maximum Gasteiger partial charge on any atom is 0.472 e. The van der Waals surface area contributed by atoms with Crippen molar-refractivity contribution < 1.29 is 37.3 Å². The molecule has 0 saturated carbocycles. The van der Waals surface area contributed by atoms with Gasteiger partial charge in [0.2, 0.25) is 5.91 Å². The lowest BCUT2D eigenvalue weighted by Crippen LogP contribution is -2.47. The Morgan fingerprint density at radius 3 is 1.28 bits per heavy atom. The van der Waals surface area contributed by atoms with E-state index < -0.39 is 20.0 Å². The van der Waals surface area contributed by atoms with Crippen molar-refractivity contribution >= 4 is 19.7 Å². The highest BCUT2D eigenvalue weighted by Gasteiger charge is 2.30. The molecule has 3 unspecified atom stereocenters. The molecule has 0 aromatic heterocycles. The van der Waals surface area contributed by atoms with E-state index in [4.69, 9.17) is 13.8 Å². The van der Waals surface area contributed by atoms with Gasteiger partial charge in [-0.3, -0.25) is 18.6 Å². The van der Waals surface area contributed by atoms with E-state index in [2.05, 4.69) is 74.7 Å². The molecule has 0 aliphatic heterocycles. The van der Waals surface area contributed by atoms with Gasteiger partial charge >= 0.3 is 13.8 Å². The summed E-state index contributed by atoms with van der Waals surface area (Å²) in [6.07, 6.45) is 67.9. The topological polar surface area (TPSA) is 111 Å². The monoisotopic (exact) mass is 1060 g/mol. The van der Waals surface area contributed by atoms with Gasteiger partial charge in [0.05, 0.1) is 33.8 Å². The Hall–Kier alpha value is -2.29. The van der Waals surface area contributed by atoms with Crippen molar-refractivity contribution in [3.8, 4) is 0 Å². The van der Waals surface area contributed by atoms with Gasteiger partial charge in [0.15, 0.2) is 0 Å². The number of rotatable bonds is 56. The Morgan fingerprint density at radius 1 is 0.473 bits per heavy atom. The third-order valence-electron chi connectivity index (χ3n) is 13.7. The standard InChI is InChI=1S/C64H119N2O7P/c1-7-10-13-16-19-22-25-28-29-30-31-32-33-34-35-36-37-39-42-45-48-51-54-57-64(68)73-62(55-52-49-46-43-40-27-24-21-18-15-12-9-3)61(60-72-74(69,70)71-59-58-66(4,5)6)65-63(67)56-53-50-47-44-41-38-26-23-20-17-14-11-8-2/h19,22,28-29,31-32,38,41,52,55,61-62H,7-18,20-21,23-27,30,33-37,39-40,42-51,53-54,56-60H2,1-6H3,(H-,65,67,69,70)/p+1/b22-19-,29-28-,32-31-,41-38-,55-52-. The number of likely N-dealkylation sites (N-methyl/N-ethyl adjacent to an activating group) is 1. The quantitative estimate of drug-likeness (QED) is 0.0205. The minimum Gasteiger partial charge on any atom is -0.456 e. The summed E-state index contributed by atoms with van der Waals surface area (Å²) in [6.45, 7) is 6.97. The van der Waals surface area contributed by atoms with Crippen molar-refractivity contribution in [2.75, 3.05) is 40.9 Å². The van der Waals surface area contributed by atoms with Gasteiger partial charge in [-0.15, -0.1) is 0 Å². The van der Waals surface area contributed by atoms with E-state index in [1.54, 1.807) is 0 Å². The Labute approximate surface area is 458 Å². The number of hydrogen-bond donors (Lipinski definition) is 2. The molecular formula is C64H120N2O7P+. The van der Waals surface area contributed by atoms with Gasteiger partial charge in [-0.1, -0.05) is 236 Å². The number of esters is 1. The SMILES string of the molecule is CCCCC/C=C\C/C=C\C/C=C\CCCCCCCCCCCCC(=O)OC(/C=C\CCCCCCCCCCCC)C(COP(=O)(O)OCC[N+](C)(C)C)NC(=O)CCCCC/C=C\CCCCCCCC.